The Kier molecular flexibility index (Phi) is 5.14. The quantitative estimate of drug-likeness (QED) is 0.475. The molecule has 0 saturated heterocycles. The van der Waals surface area contributed by atoms with E-state index < -0.39 is 0 Å². The molecule has 1 fully saturated rings. The fourth-order valence-electron chi connectivity index (χ4n) is 4.69. The molecule has 1 aliphatic rings. The van der Waals surface area contributed by atoms with Gasteiger partial charge in [-0.15, -0.1) is 0 Å². The minimum atomic E-state index is 0.867. The van der Waals surface area contributed by atoms with Crippen LogP contribution in [0.5, 0.6) is 0 Å². The Morgan fingerprint density at radius 1 is 0.964 bits per heavy atom. The molecule has 0 bridgehead atoms. The zero-order chi connectivity index (χ0) is 19.8. The first-order valence-corrected chi connectivity index (χ1v) is 10.7. The highest BCUT2D eigenvalue weighted by Gasteiger charge is 2.26. The lowest BCUT2D eigenvalue weighted by molar-refractivity contribution is 0.707. The van der Waals surface area contributed by atoms with Crippen LogP contribution in [0.25, 0.3) is 22.0 Å². The molecule has 2 nitrogen and oxygen atoms in total. The summed E-state index contributed by atoms with van der Waals surface area (Å²) in [5.74, 6) is 0.867. The van der Waals surface area contributed by atoms with Crippen molar-refractivity contribution in [2.75, 3.05) is 18.0 Å². The minimum Gasteiger partial charge on any atom is -0.369 e. The standard InChI is InChI=1S/C26H32N2/c1-6-13-28(16-21-11-12-21)26-20(5)27-25(22-9-7-8-10-23(22)26)24-18(3)14-17(2)15-19(24)4/h7-10,14-15,21H,6,11-13,16H2,1-5H3. The van der Waals surface area contributed by atoms with Crippen molar-refractivity contribution in [1.82, 2.24) is 4.98 Å². The van der Waals surface area contributed by atoms with Gasteiger partial charge >= 0.3 is 0 Å². The zero-order valence-corrected chi connectivity index (χ0v) is 18.0. The lowest BCUT2D eigenvalue weighted by atomic mass is 9.93. The van der Waals surface area contributed by atoms with Gasteiger partial charge in [-0.1, -0.05) is 48.9 Å². The highest BCUT2D eigenvalue weighted by molar-refractivity contribution is 6.03. The van der Waals surface area contributed by atoms with E-state index in [4.69, 9.17) is 4.98 Å². The molecule has 0 amide bonds. The molecule has 0 N–H and O–H groups in total. The molecule has 1 heterocycles. The summed E-state index contributed by atoms with van der Waals surface area (Å²) in [6.45, 7) is 13.3. The van der Waals surface area contributed by atoms with Crippen LogP contribution in [-0.2, 0) is 0 Å². The molecule has 0 aliphatic heterocycles. The normalized spacial score (nSPS) is 13.9. The number of hydrogen-bond acceptors (Lipinski definition) is 2. The van der Waals surface area contributed by atoms with E-state index in [0.717, 1.165) is 23.9 Å². The Bertz CT molecular complexity index is 991. The van der Waals surface area contributed by atoms with Crippen LogP contribution in [0.2, 0.25) is 0 Å². The molecular formula is C26H32N2. The number of aryl methyl sites for hydroxylation is 4. The molecule has 4 rings (SSSR count). The van der Waals surface area contributed by atoms with Gasteiger partial charge in [-0.25, -0.2) is 0 Å². The van der Waals surface area contributed by atoms with Gasteiger partial charge in [0, 0.05) is 29.4 Å². The third-order valence-corrected chi connectivity index (χ3v) is 5.96. The van der Waals surface area contributed by atoms with E-state index in [1.54, 1.807) is 0 Å². The van der Waals surface area contributed by atoms with Crippen molar-refractivity contribution in [3.8, 4) is 11.3 Å². The molecule has 0 unspecified atom stereocenters. The van der Waals surface area contributed by atoms with Gasteiger partial charge in [-0.3, -0.25) is 4.98 Å². The van der Waals surface area contributed by atoms with E-state index in [1.807, 2.05) is 0 Å². The van der Waals surface area contributed by atoms with E-state index in [2.05, 4.69) is 75.9 Å². The van der Waals surface area contributed by atoms with Gasteiger partial charge in [0.1, 0.15) is 0 Å². The van der Waals surface area contributed by atoms with Crippen molar-refractivity contribution >= 4 is 16.5 Å². The molecule has 1 aliphatic carbocycles. The predicted molar refractivity (Wildman–Crippen MR) is 121 cm³/mol. The Hall–Kier alpha value is -2.35. The summed E-state index contributed by atoms with van der Waals surface area (Å²) in [6.07, 6.45) is 3.92. The van der Waals surface area contributed by atoms with Gasteiger partial charge in [0.15, 0.2) is 0 Å². The Morgan fingerprint density at radius 3 is 2.21 bits per heavy atom. The third-order valence-electron chi connectivity index (χ3n) is 5.96. The average molecular weight is 373 g/mol. The lowest BCUT2D eigenvalue weighted by Gasteiger charge is -2.28. The van der Waals surface area contributed by atoms with Crippen LogP contribution in [0, 0.1) is 33.6 Å². The number of aromatic nitrogens is 1. The van der Waals surface area contributed by atoms with Crippen molar-refractivity contribution in [3.63, 3.8) is 0 Å². The highest BCUT2D eigenvalue weighted by Crippen LogP contribution is 2.40. The smallest absolute Gasteiger partial charge is 0.0790 e. The molecule has 1 aromatic heterocycles. The molecule has 28 heavy (non-hydrogen) atoms. The second-order valence-corrected chi connectivity index (χ2v) is 8.60. The minimum absolute atomic E-state index is 0.867. The Balaban J connectivity index is 1.94. The summed E-state index contributed by atoms with van der Waals surface area (Å²) in [5.41, 5.74) is 8.86. The van der Waals surface area contributed by atoms with Crippen molar-refractivity contribution in [1.29, 1.82) is 0 Å². The van der Waals surface area contributed by atoms with Gasteiger partial charge in [-0.2, -0.15) is 0 Å². The Labute approximate surface area is 169 Å². The maximum absolute atomic E-state index is 5.21. The van der Waals surface area contributed by atoms with Crippen LogP contribution in [0.4, 0.5) is 5.69 Å². The average Bonchev–Trinajstić information content (AvgIpc) is 3.45. The van der Waals surface area contributed by atoms with E-state index in [-0.39, 0.29) is 0 Å². The molecule has 1 saturated carbocycles. The van der Waals surface area contributed by atoms with E-state index in [1.165, 1.54) is 64.5 Å². The van der Waals surface area contributed by atoms with Crippen LogP contribution >= 0.6 is 0 Å². The summed E-state index contributed by atoms with van der Waals surface area (Å²) in [7, 11) is 0. The van der Waals surface area contributed by atoms with Gasteiger partial charge < -0.3 is 4.90 Å². The Morgan fingerprint density at radius 2 is 1.61 bits per heavy atom. The summed E-state index contributed by atoms with van der Waals surface area (Å²) < 4.78 is 0. The van der Waals surface area contributed by atoms with Crippen molar-refractivity contribution in [2.45, 2.75) is 53.9 Å². The summed E-state index contributed by atoms with van der Waals surface area (Å²) in [6, 6.07) is 13.4. The number of fused-ring (bicyclic) bond motifs is 1. The molecule has 2 aromatic carbocycles. The van der Waals surface area contributed by atoms with Gasteiger partial charge in [0.05, 0.1) is 17.1 Å². The number of pyridine rings is 1. The molecular weight excluding hydrogens is 340 g/mol. The van der Waals surface area contributed by atoms with Gasteiger partial charge in [-0.05, 0) is 64.0 Å². The van der Waals surface area contributed by atoms with Crippen LogP contribution in [0.15, 0.2) is 36.4 Å². The monoisotopic (exact) mass is 372 g/mol. The first-order chi connectivity index (χ1) is 13.5. The van der Waals surface area contributed by atoms with Crippen LogP contribution < -0.4 is 4.90 Å². The van der Waals surface area contributed by atoms with Gasteiger partial charge in [0.25, 0.3) is 0 Å². The van der Waals surface area contributed by atoms with Crippen molar-refractivity contribution < 1.29 is 0 Å². The molecule has 0 radical (unpaired) electrons. The van der Waals surface area contributed by atoms with E-state index in [0.29, 0.717) is 0 Å². The summed E-state index contributed by atoms with van der Waals surface area (Å²) in [5, 5.41) is 2.62. The maximum atomic E-state index is 5.21. The lowest BCUT2D eigenvalue weighted by Crippen LogP contribution is -2.28. The molecule has 146 valence electrons. The molecule has 0 spiro atoms. The number of hydrogen-bond donors (Lipinski definition) is 0. The summed E-state index contributed by atoms with van der Waals surface area (Å²) in [4.78, 5) is 7.81. The van der Waals surface area contributed by atoms with Gasteiger partial charge in [0.2, 0.25) is 0 Å². The maximum Gasteiger partial charge on any atom is 0.0790 e. The molecule has 3 aromatic rings. The van der Waals surface area contributed by atoms with Crippen molar-refractivity contribution in [3.05, 3.63) is 58.8 Å². The molecule has 0 atom stereocenters. The fourth-order valence-corrected chi connectivity index (χ4v) is 4.69. The number of benzene rings is 2. The fraction of sp³-hybridized carbons (Fsp3) is 0.423. The number of nitrogens with zero attached hydrogens (tertiary/aromatic N) is 2. The van der Waals surface area contributed by atoms with E-state index in [9.17, 15) is 0 Å². The SMILES string of the molecule is CCCN(CC1CC1)c1c(C)nc(-c2c(C)cc(C)cc2C)c2ccccc12. The first-order valence-electron chi connectivity index (χ1n) is 10.7. The van der Waals surface area contributed by atoms with Crippen LogP contribution in [-0.4, -0.2) is 18.1 Å². The predicted octanol–water partition coefficient (Wildman–Crippen LogP) is 6.76. The number of rotatable bonds is 6. The van der Waals surface area contributed by atoms with Crippen LogP contribution in [0.3, 0.4) is 0 Å². The topological polar surface area (TPSA) is 16.1 Å². The largest absolute Gasteiger partial charge is 0.369 e. The molecule has 2 heteroatoms. The number of anilines is 1. The third kappa shape index (κ3) is 3.53. The second-order valence-electron chi connectivity index (χ2n) is 8.60. The van der Waals surface area contributed by atoms with E-state index >= 15 is 0 Å². The summed E-state index contributed by atoms with van der Waals surface area (Å²) >= 11 is 0. The highest BCUT2D eigenvalue weighted by atomic mass is 15.1. The first kappa shape index (κ1) is 19.0. The second kappa shape index (κ2) is 7.58. The van der Waals surface area contributed by atoms with Crippen molar-refractivity contribution in [2.24, 2.45) is 5.92 Å². The van der Waals surface area contributed by atoms with Crippen LogP contribution in [0.1, 0.15) is 48.6 Å². The zero-order valence-electron chi connectivity index (χ0n) is 18.0.